The molecule has 184 valence electrons. The number of para-hydroxylation sites is 1. The van der Waals surface area contributed by atoms with Crippen molar-refractivity contribution in [3.8, 4) is 5.75 Å². The van der Waals surface area contributed by atoms with Crippen LogP contribution in [0.5, 0.6) is 5.75 Å². The predicted octanol–water partition coefficient (Wildman–Crippen LogP) is 3.49. The van der Waals surface area contributed by atoms with Crippen LogP contribution < -0.4 is 15.5 Å². The monoisotopic (exact) mass is 485 g/mol. The molecule has 4 atom stereocenters. The summed E-state index contributed by atoms with van der Waals surface area (Å²) in [6, 6.07) is 13.0. The third-order valence-corrected chi connectivity index (χ3v) is 6.68. The van der Waals surface area contributed by atoms with E-state index < -0.39 is 18.2 Å². The van der Waals surface area contributed by atoms with E-state index in [-0.39, 0.29) is 42.3 Å². The summed E-state index contributed by atoms with van der Waals surface area (Å²) in [7, 11) is 0. The Bertz CT molecular complexity index is 1290. The number of fused-ring (bicyclic) bond motifs is 3. The number of carboxylic acids is 1. The molecule has 8 nitrogen and oxygen atoms in total. The topological polar surface area (TPSA) is 122 Å². The summed E-state index contributed by atoms with van der Waals surface area (Å²) < 4.78 is 0. The van der Waals surface area contributed by atoms with Gasteiger partial charge in [-0.2, -0.15) is 0 Å². The number of amides is 2. The largest absolute Gasteiger partial charge is 0.508 e. The highest BCUT2D eigenvalue weighted by Gasteiger charge is 2.40. The first-order valence-corrected chi connectivity index (χ1v) is 11.8. The van der Waals surface area contributed by atoms with E-state index in [1.54, 1.807) is 23.1 Å². The maximum absolute atomic E-state index is 13.5. The zero-order chi connectivity index (χ0) is 25.2. The number of hydrogen-bond acceptors (Lipinski definition) is 5. The first kappa shape index (κ1) is 23.6. The minimum atomic E-state index is -1.05. The van der Waals surface area contributed by atoms with E-state index in [1.165, 1.54) is 12.1 Å². The summed E-state index contributed by atoms with van der Waals surface area (Å²) in [5.41, 5.74) is 3.31. The minimum Gasteiger partial charge on any atom is -0.508 e. The van der Waals surface area contributed by atoms with Crippen LogP contribution in [0.1, 0.15) is 29.7 Å². The van der Waals surface area contributed by atoms with Gasteiger partial charge in [-0.3, -0.25) is 10.2 Å². The molecular weight excluding hydrogens is 458 g/mol. The smallest absolute Gasteiger partial charge is 0.331 e. The van der Waals surface area contributed by atoms with Crippen molar-refractivity contribution in [3.63, 3.8) is 0 Å². The lowest BCUT2D eigenvalue weighted by Gasteiger charge is -2.29. The lowest BCUT2D eigenvalue weighted by atomic mass is 9.91. The zero-order valence-corrected chi connectivity index (χ0v) is 19.4. The average Bonchev–Trinajstić information content (AvgIpc) is 3.22. The van der Waals surface area contributed by atoms with E-state index in [9.17, 15) is 24.9 Å². The number of anilines is 1. The Morgan fingerprint density at radius 1 is 1.06 bits per heavy atom. The van der Waals surface area contributed by atoms with Crippen LogP contribution >= 0.6 is 0 Å². The van der Waals surface area contributed by atoms with Crippen molar-refractivity contribution in [1.29, 1.82) is 0 Å². The number of carboxylic acid groups (broad SMARTS) is 1. The molecular formula is C28H27N3O5. The molecule has 4 unspecified atom stereocenters. The fourth-order valence-corrected chi connectivity index (χ4v) is 4.98. The lowest BCUT2D eigenvalue weighted by molar-refractivity contribution is -0.132. The normalized spacial score (nSPS) is 22.8. The Morgan fingerprint density at radius 3 is 2.58 bits per heavy atom. The number of benzene rings is 2. The zero-order valence-electron chi connectivity index (χ0n) is 19.4. The van der Waals surface area contributed by atoms with Crippen LogP contribution in [0.25, 0.3) is 0 Å². The Kier molecular flexibility index (Phi) is 6.45. The molecule has 5 N–H and O–H groups in total. The van der Waals surface area contributed by atoms with Crippen LogP contribution in [0.2, 0.25) is 0 Å². The van der Waals surface area contributed by atoms with Crippen molar-refractivity contribution in [3.05, 3.63) is 107 Å². The number of aliphatic hydroxyl groups is 1. The van der Waals surface area contributed by atoms with Crippen molar-refractivity contribution < 1.29 is 24.9 Å². The van der Waals surface area contributed by atoms with Crippen molar-refractivity contribution in [2.24, 2.45) is 0 Å². The molecule has 3 aliphatic rings. The molecule has 5 rings (SSSR count). The molecule has 0 fully saturated rings. The van der Waals surface area contributed by atoms with Crippen LogP contribution in [-0.2, 0) is 4.79 Å². The first-order chi connectivity index (χ1) is 17.4. The van der Waals surface area contributed by atoms with Crippen molar-refractivity contribution in [1.82, 2.24) is 10.6 Å². The summed E-state index contributed by atoms with van der Waals surface area (Å²) >= 11 is 0. The Hall–Kier alpha value is -4.14. The van der Waals surface area contributed by atoms with E-state index in [1.807, 2.05) is 48.6 Å². The number of aromatic hydroxyl groups is 1. The highest BCUT2D eigenvalue weighted by Crippen LogP contribution is 2.43. The van der Waals surface area contributed by atoms with Gasteiger partial charge < -0.3 is 20.6 Å². The van der Waals surface area contributed by atoms with Gasteiger partial charge in [0.2, 0.25) is 0 Å². The highest BCUT2D eigenvalue weighted by molar-refractivity contribution is 5.97. The maximum atomic E-state index is 13.5. The van der Waals surface area contributed by atoms with E-state index in [4.69, 9.17) is 0 Å². The van der Waals surface area contributed by atoms with Gasteiger partial charge in [0, 0.05) is 24.5 Å². The second-order valence-electron chi connectivity index (χ2n) is 9.07. The summed E-state index contributed by atoms with van der Waals surface area (Å²) in [5, 5.41) is 35.5. The first-order valence-electron chi connectivity index (χ1n) is 11.8. The Morgan fingerprint density at radius 2 is 1.81 bits per heavy atom. The molecule has 0 saturated carbocycles. The molecule has 0 saturated heterocycles. The fraction of sp³-hybridized carbons (Fsp3) is 0.214. The average molecular weight is 486 g/mol. The van der Waals surface area contributed by atoms with Crippen molar-refractivity contribution in [2.45, 2.75) is 30.7 Å². The molecule has 0 spiro atoms. The number of allylic oxidation sites excluding steroid dienone is 2. The molecule has 2 aromatic rings. The maximum Gasteiger partial charge on any atom is 0.331 e. The van der Waals surface area contributed by atoms with Gasteiger partial charge in [-0.1, -0.05) is 60.7 Å². The van der Waals surface area contributed by atoms with Crippen LogP contribution in [-0.4, -0.2) is 45.9 Å². The molecule has 0 aromatic heterocycles. The number of phenolic OH excluding ortho intramolecular Hbond substituents is 1. The van der Waals surface area contributed by atoms with Crippen LogP contribution in [0.3, 0.4) is 0 Å². The number of rotatable bonds is 6. The van der Waals surface area contributed by atoms with E-state index in [0.29, 0.717) is 11.1 Å². The summed E-state index contributed by atoms with van der Waals surface area (Å²) in [4.78, 5) is 27.0. The van der Waals surface area contributed by atoms with Crippen molar-refractivity contribution >= 4 is 17.7 Å². The molecule has 2 amide bonds. The van der Waals surface area contributed by atoms with Gasteiger partial charge in [0.25, 0.3) is 0 Å². The molecule has 8 heteroatoms. The molecule has 2 aromatic carbocycles. The van der Waals surface area contributed by atoms with E-state index >= 15 is 0 Å². The number of hydrogen-bond donors (Lipinski definition) is 5. The lowest BCUT2D eigenvalue weighted by Crippen LogP contribution is -2.48. The molecule has 1 aliphatic heterocycles. The second kappa shape index (κ2) is 9.85. The van der Waals surface area contributed by atoms with Gasteiger partial charge >= 0.3 is 12.0 Å². The number of phenols is 1. The van der Waals surface area contributed by atoms with Gasteiger partial charge in [-0.05, 0) is 41.0 Å². The molecule has 0 bridgehead atoms. The van der Waals surface area contributed by atoms with Crippen LogP contribution in [0, 0.1) is 0 Å². The number of carbonyl (C=O) groups excluding carboxylic acids is 1. The summed E-state index contributed by atoms with van der Waals surface area (Å²) in [5.74, 6) is -0.874. The number of nitrogens with zero attached hydrogens (tertiary/aromatic N) is 1. The predicted molar refractivity (Wildman–Crippen MR) is 136 cm³/mol. The highest BCUT2D eigenvalue weighted by atomic mass is 16.4. The minimum absolute atomic E-state index is 0.0782. The fourth-order valence-electron chi connectivity index (χ4n) is 4.98. The second-order valence-corrected chi connectivity index (χ2v) is 9.07. The Balaban J connectivity index is 1.32. The molecule has 0 radical (unpaired) electrons. The molecule has 36 heavy (non-hydrogen) atoms. The third-order valence-electron chi connectivity index (χ3n) is 6.68. The number of nitrogens with one attached hydrogen (secondary N) is 2. The molecule has 2 aliphatic carbocycles. The van der Waals surface area contributed by atoms with E-state index in [2.05, 4.69) is 16.7 Å². The quantitative estimate of drug-likeness (QED) is 0.399. The van der Waals surface area contributed by atoms with Crippen molar-refractivity contribution in [2.75, 3.05) is 11.4 Å². The Labute approximate surface area is 208 Å². The van der Waals surface area contributed by atoms with Gasteiger partial charge in [0.15, 0.2) is 0 Å². The van der Waals surface area contributed by atoms with Gasteiger partial charge in [-0.15, -0.1) is 0 Å². The van der Waals surface area contributed by atoms with E-state index in [0.717, 1.165) is 11.3 Å². The number of urea groups is 1. The van der Waals surface area contributed by atoms with Gasteiger partial charge in [-0.25, -0.2) is 9.59 Å². The standard InChI is InChI=1S/C28H27N3O5/c32-21-11-9-18(10-12-21)26(33)29-16-17-13-19(27(34)35)15-20(14-17)30-28(36)31-24-7-3-1-5-22(24)23-6-2-4-8-25(23)31/h1-14,20,22,24,26,29,32-33H,15-16H2,(H,30,36)(H,34,35). The molecule has 1 heterocycles. The summed E-state index contributed by atoms with van der Waals surface area (Å²) in [6.07, 6.45) is 10.5. The summed E-state index contributed by atoms with van der Waals surface area (Å²) in [6.45, 7) is 0.190. The van der Waals surface area contributed by atoms with Gasteiger partial charge in [0.1, 0.15) is 12.0 Å². The van der Waals surface area contributed by atoms with Crippen LogP contribution in [0.4, 0.5) is 10.5 Å². The SMILES string of the molecule is O=C(O)C1=CC(CNC(O)c2ccc(O)cc2)=CC(NC(=O)N2c3ccccc3C3C=CC=CC32)C1. The number of carbonyl (C=O) groups is 2. The van der Waals surface area contributed by atoms with Gasteiger partial charge in [0.05, 0.1) is 17.8 Å². The number of aliphatic hydroxyl groups excluding tert-OH is 1. The third kappa shape index (κ3) is 4.68. The number of aliphatic carboxylic acids is 1. The van der Waals surface area contributed by atoms with Crippen LogP contribution in [0.15, 0.2) is 96.1 Å².